The average molecular weight is 595 g/mol. The second-order valence-electron chi connectivity index (χ2n) is 11.2. The molecule has 0 saturated heterocycles. The third-order valence-electron chi connectivity index (χ3n) is 7.27. The van der Waals surface area contributed by atoms with Crippen LogP contribution in [0.3, 0.4) is 0 Å². The first-order valence-corrected chi connectivity index (χ1v) is 17.7. The minimum absolute atomic E-state index is 0.0617. The third kappa shape index (κ3) is 25.2. The van der Waals surface area contributed by atoms with Gasteiger partial charge in [0, 0.05) is 6.54 Å². The van der Waals surface area contributed by atoms with E-state index in [-0.39, 0.29) is 26.2 Å². The van der Waals surface area contributed by atoms with Gasteiger partial charge in [0.1, 0.15) is 0 Å². The van der Waals surface area contributed by atoms with Crippen molar-refractivity contribution in [3.05, 3.63) is 0 Å². The molecule has 0 heterocycles. The lowest BCUT2D eigenvalue weighted by atomic mass is 10.0. The quantitative estimate of drug-likeness (QED) is 0.0466. The van der Waals surface area contributed by atoms with Crippen LogP contribution in [0.4, 0.5) is 0 Å². The van der Waals surface area contributed by atoms with Crippen LogP contribution in [0.15, 0.2) is 0 Å². The summed E-state index contributed by atoms with van der Waals surface area (Å²) in [6.45, 7) is 3.96. The van der Waals surface area contributed by atoms with E-state index in [0.717, 1.165) is 38.5 Å². The number of carbonyl (C=O) groups is 1. The van der Waals surface area contributed by atoms with Crippen LogP contribution in [0.2, 0.25) is 0 Å². The number of nitrogens with one attached hydrogen (secondary N) is 1. The van der Waals surface area contributed by atoms with Gasteiger partial charge in [-0.1, -0.05) is 129 Å². The fourth-order valence-electron chi connectivity index (χ4n) is 4.77. The Kier molecular flexibility index (Phi) is 26.9. The molecule has 0 aromatic heterocycles. The first-order chi connectivity index (χ1) is 19.3. The van der Waals surface area contributed by atoms with Gasteiger partial charge in [0.25, 0.3) is 0 Å². The van der Waals surface area contributed by atoms with E-state index in [1.54, 1.807) is 0 Å². The lowest BCUT2D eigenvalue weighted by Gasteiger charge is -2.25. The molecule has 4 unspecified atom stereocenters. The third-order valence-corrected chi connectivity index (χ3v) is 8.25. The summed E-state index contributed by atoms with van der Waals surface area (Å²) in [5, 5.41) is 23.8. The number of hydrogen-bond donors (Lipinski definition) is 5. The van der Waals surface area contributed by atoms with Gasteiger partial charge in [-0.05, 0) is 12.8 Å². The number of rotatable bonds is 30. The maximum atomic E-state index is 12.6. The summed E-state index contributed by atoms with van der Waals surface area (Å²) in [5.41, 5.74) is 5.32. The molecule has 0 saturated carbocycles. The van der Waals surface area contributed by atoms with E-state index in [2.05, 4.69) is 19.2 Å². The largest absolute Gasteiger partial charge is 0.472 e. The van der Waals surface area contributed by atoms with Crippen LogP contribution in [0.25, 0.3) is 0 Å². The standard InChI is InChI=1S/C30H63N2O7P/c1-3-5-7-9-11-12-13-14-16-18-20-22-29(34)28(26-39-40(36,37)38-24-23-31)32-30(35)25-27(33)21-19-17-15-10-8-6-4-2/h27-29,33-34H,3-26,31H2,1-2H3,(H,32,35)(H,36,37). The molecule has 1 amide bonds. The SMILES string of the molecule is CCCCCCCCCCCCCC(O)C(COP(=O)(O)OCCN)NC(=O)CC(O)CCCCCCCCC. The molecule has 0 radical (unpaired) electrons. The van der Waals surface area contributed by atoms with Crippen LogP contribution < -0.4 is 11.1 Å². The molecule has 6 N–H and O–H groups in total. The molecule has 240 valence electrons. The van der Waals surface area contributed by atoms with Gasteiger partial charge >= 0.3 is 7.82 Å². The normalized spacial score (nSPS) is 15.4. The number of unbranched alkanes of at least 4 members (excludes halogenated alkanes) is 16. The van der Waals surface area contributed by atoms with Crippen LogP contribution in [0.1, 0.15) is 149 Å². The van der Waals surface area contributed by atoms with Crippen LogP contribution in [-0.4, -0.2) is 59.0 Å². The number of aliphatic hydroxyl groups is 2. The number of carbonyl (C=O) groups excluding carboxylic acids is 1. The van der Waals surface area contributed by atoms with Crippen molar-refractivity contribution in [1.29, 1.82) is 0 Å². The molecule has 0 aliphatic rings. The smallest absolute Gasteiger partial charge is 0.393 e. The molecule has 9 nitrogen and oxygen atoms in total. The highest BCUT2D eigenvalue weighted by atomic mass is 31.2. The Hall–Kier alpha value is -0.540. The monoisotopic (exact) mass is 594 g/mol. The molecule has 0 aliphatic carbocycles. The van der Waals surface area contributed by atoms with Crippen molar-refractivity contribution in [3.63, 3.8) is 0 Å². The Bertz CT molecular complexity index is 627. The topological polar surface area (TPSA) is 151 Å². The second kappa shape index (κ2) is 27.3. The summed E-state index contributed by atoms with van der Waals surface area (Å²) in [5.74, 6) is -0.419. The van der Waals surface area contributed by atoms with E-state index >= 15 is 0 Å². The Morgan fingerprint density at radius 3 is 1.68 bits per heavy atom. The molecule has 0 aromatic rings. The number of hydrogen-bond acceptors (Lipinski definition) is 7. The summed E-state index contributed by atoms with van der Waals surface area (Å²) < 4.78 is 21.9. The van der Waals surface area contributed by atoms with E-state index in [1.807, 2.05) is 0 Å². The zero-order valence-corrected chi connectivity index (χ0v) is 26.6. The predicted molar refractivity (Wildman–Crippen MR) is 163 cm³/mol. The minimum atomic E-state index is -4.35. The van der Waals surface area contributed by atoms with E-state index < -0.39 is 32.0 Å². The number of phosphoric acid groups is 1. The van der Waals surface area contributed by atoms with Gasteiger partial charge in [0.05, 0.1) is 37.9 Å². The molecule has 0 bridgehead atoms. The van der Waals surface area contributed by atoms with Crippen LogP contribution in [-0.2, 0) is 18.4 Å². The van der Waals surface area contributed by atoms with Crippen molar-refractivity contribution in [2.75, 3.05) is 19.8 Å². The van der Waals surface area contributed by atoms with Crippen LogP contribution in [0.5, 0.6) is 0 Å². The average Bonchev–Trinajstić information content (AvgIpc) is 2.92. The molecule has 4 atom stereocenters. The Morgan fingerprint density at radius 2 is 1.20 bits per heavy atom. The van der Waals surface area contributed by atoms with Crippen molar-refractivity contribution in [2.45, 2.75) is 167 Å². The summed E-state index contributed by atoms with van der Waals surface area (Å²) in [4.78, 5) is 22.5. The van der Waals surface area contributed by atoms with Crippen LogP contribution >= 0.6 is 7.82 Å². The van der Waals surface area contributed by atoms with Gasteiger partial charge in [-0.15, -0.1) is 0 Å². The maximum Gasteiger partial charge on any atom is 0.472 e. The van der Waals surface area contributed by atoms with E-state index in [0.29, 0.717) is 12.8 Å². The first-order valence-electron chi connectivity index (χ1n) is 16.2. The molecular weight excluding hydrogens is 531 g/mol. The van der Waals surface area contributed by atoms with Gasteiger partial charge in [0.2, 0.25) is 5.91 Å². The Labute approximate surface area is 245 Å². The summed E-state index contributed by atoms with van der Waals surface area (Å²) >= 11 is 0. The predicted octanol–water partition coefficient (Wildman–Crippen LogP) is 6.52. The fourth-order valence-corrected chi connectivity index (χ4v) is 5.53. The van der Waals surface area contributed by atoms with Gasteiger partial charge in [-0.3, -0.25) is 13.8 Å². The molecule has 40 heavy (non-hydrogen) atoms. The molecule has 0 fully saturated rings. The lowest BCUT2D eigenvalue weighted by Crippen LogP contribution is -2.47. The molecule has 10 heteroatoms. The molecular formula is C30H63N2O7P. The van der Waals surface area contributed by atoms with Crippen molar-refractivity contribution >= 4 is 13.7 Å². The minimum Gasteiger partial charge on any atom is -0.393 e. The maximum absolute atomic E-state index is 12.6. The fraction of sp³-hybridized carbons (Fsp3) is 0.967. The highest BCUT2D eigenvalue weighted by molar-refractivity contribution is 7.47. The summed E-state index contributed by atoms with van der Waals surface area (Å²) in [6, 6.07) is -0.886. The Morgan fingerprint density at radius 1 is 0.750 bits per heavy atom. The highest BCUT2D eigenvalue weighted by Gasteiger charge is 2.28. The van der Waals surface area contributed by atoms with E-state index in [9.17, 15) is 24.5 Å². The highest BCUT2D eigenvalue weighted by Crippen LogP contribution is 2.43. The van der Waals surface area contributed by atoms with Gasteiger partial charge in [-0.25, -0.2) is 4.57 Å². The molecule has 0 aliphatic heterocycles. The lowest BCUT2D eigenvalue weighted by molar-refractivity contribution is -0.125. The van der Waals surface area contributed by atoms with Gasteiger partial charge in [0.15, 0.2) is 0 Å². The molecule has 0 aromatic carbocycles. The summed E-state index contributed by atoms with van der Waals surface area (Å²) in [7, 11) is -4.35. The van der Waals surface area contributed by atoms with Crippen molar-refractivity contribution in [2.24, 2.45) is 5.73 Å². The van der Waals surface area contributed by atoms with Crippen molar-refractivity contribution in [1.82, 2.24) is 5.32 Å². The second-order valence-corrected chi connectivity index (χ2v) is 12.7. The number of nitrogens with two attached hydrogens (primary N) is 1. The summed E-state index contributed by atoms with van der Waals surface area (Å²) in [6.07, 6.45) is 20.2. The zero-order chi connectivity index (χ0) is 29.9. The number of aliphatic hydroxyl groups excluding tert-OH is 2. The zero-order valence-electron chi connectivity index (χ0n) is 25.7. The van der Waals surface area contributed by atoms with Gasteiger partial charge < -0.3 is 26.2 Å². The molecule has 0 rings (SSSR count). The molecule has 0 spiro atoms. The van der Waals surface area contributed by atoms with Crippen molar-refractivity contribution < 1.29 is 33.5 Å². The van der Waals surface area contributed by atoms with E-state index in [1.165, 1.54) is 77.0 Å². The van der Waals surface area contributed by atoms with Crippen LogP contribution in [0, 0.1) is 0 Å². The number of amides is 1. The first kappa shape index (κ1) is 39.5. The number of phosphoric ester groups is 1. The van der Waals surface area contributed by atoms with Gasteiger partial charge in [-0.2, -0.15) is 0 Å². The Balaban J connectivity index is 4.49. The van der Waals surface area contributed by atoms with Crippen molar-refractivity contribution in [3.8, 4) is 0 Å². The van der Waals surface area contributed by atoms with E-state index in [4.69, 9.17) is 14.8 Å².